The average Bonchev–Trinajstić information content (AvgIpc) is 3.63. The first kappa shape index (κ1) is 23.1. The second-order valence-electron chi connectivity index (χ2n) is 8.39. The number of rotatable bonds is 6. The van der Waals surface area contributed by atoms with Gasteiger partial charge in [0.05, 0.1) is 28.8 Å². The number of H-pyrrole nitrogens is 1. The summed E-state index contributed by atoms with van der Waals surface area (Å²) < 4.78 is 23.4. The van der Waals surface area contributed by atoms with Crippen molar-refractivity contribution in [3.63, 3.8) is 0 Å². The number of nitrogens with one attached hydrogen (secondary N) is 1. The molecule has 1 N–H and O–H groups in total. The Morgan fingerprint density at radius 2 is 2.06 bits per heavy atom. The largest absolute Gasteiger partial charge is 0.356 e. The molecule has 0 aromatic carbocycles. The minimum atomic E-state index is -0.626. The summed E-state index contributed by atoms with van der Waals surface area (Å²) in [6.07, 6.45) is 9.93. The van der Waals surface area contributed by atoms with Crippen molar-refractivity contribution >= 4 is 22.3 Å². The standard InChI is InChI=1S/C25H23FN8O2/c1-5-16(22-8-14(2)32-36-22)10-20(26)24-29-23(30-31-24)15(3)34-7-6-21-19(25(34)35)9-17(11-27-21)18-12-28-33(4)13-18/h5-13,15H,1-4H3,(H,29,30,31)/b16-5+,20-10+/t15-/m0/s1. The zero-order chi connectivity index (χ0) is 25.4. The molecule has 0 bridgehead atoms. The van der Waals surface area contributed by atoms with Gasteiger partial charge < -0.3 is 14.1 Å². The molecule has 5 aromatic rings. The Bertz CT molecular complexity index is 1690. The van der Waals surface area contributed by atoms with E-state index in [1.54, 1.807) is 68.3 Å². The molecular formula is C25H23FN8O2. The van der Waals surface area contributed by atoms with E-state index in [1.807, 2.05) is 13.2 Å². The summed E-state index contributed by atoms with van der Waals surface area (Å²) in [4.78, 5) is 20.7. The minimum Gasteiger partial charge on any atom is -0.356 e. The predicted molar refractivity (Wildman–Crippen MR) is 132 cm³/mol. The summed E-state index contributed by atoms with van der Waals surface area (Å²) in [5.74, 6) is 0.102. The van der Waals surface area contributed by atoms with Crippen LogP contribution >= 0.6 is 0 Å². The van der Waals surface area contributed by atoms with Gasteiger partial charge in [0.25, 0.3) is 5.56 Å². The summed E-state index contributed by atoms with van der Waals surface area (Å²) in [7, 11) is 1.82. The highest BCUT2D eigenvalue weighted by atomic mass is 19.1. The molecule has 5 aromatic heterocycles. The highest BCUT2D eigenvalue weighted by molar-refractivity contribution is 5.82. The van der Waals surface area contributed by atoms with Gasteiger partial charge in [-0.05, 0) is 39.0 Å². The van der Waals surface area contributed by atoms with E-state index in [2.05, 4.69) is 30.4 Å². The van der Waals surface area contributed by atoms with Crippen molar-refractivity contribution in [2.45, 2.75) is 26.8 Å². The Morgan fingerprint density at radius 3 is 2.75 bits per heavy atom. The van der Waals surface area contributed by atoms with Crippen LogP contribution in [0.25, 0.3) is 33.4 Å². The third kappa shape index (κ3) is 4.26. The molecule has 1 atom stereocenters. The van der Waals surface area contributed by atoms with E-state index in [9.17, 15) is 9.18 Å². The van der Waals surface area contributed by atoms with Crippen LogP contribution in [0, 0.1) is 6.92 Å². The normalized spacial score (nSPS) is 13.5. The molecule has 5 heterocycles. The van der Waals surface area contributed by atoms with E-state index in [-0.39, 0.29) is 11.4 Å². The van der Waals surface area contributed by atoms with Gasteiger partial charge in [0.1, 0.15) is 0 Å². The molecule has 0 unspecified atom stereocenters. The van der Waals surface area contributed by atoms with Gasteiger partial charge in [0.2, 0.25) is 0 Å². The number of aryl methyl sites for hydroxylation is 2. The van der Waals surface area contributed by atoms with Crippen LogP contribution in [0.1, 0.15) is 43.0 Å². The minimum absolute atomic E-state index is 0.0539. The lowest BCUT2D eigenvalue weighted by atomic mass is 10.1. The molecular weight excluding hydrogens is 463 g/mol. The van der Waals surface area contributed by atoms with Crippen LogP contribution in [0.15, 0.2) is 64.5 Å². The molecule has 0 aliphatic rings. The molecule has 0 saturated heterocycles. The number of hydrogen-bond acceptors (Lipinski definition) is 7. The van der Waals surface area contributed by atoms with Crippen LogP contribution in [0.4, 0.5) is 4.39 Å². The summed E-state index contributed by atoms with van der Waals surface area (Å²) in [5.41, 5.74) is 3.18. The molecule has 182 valence electrons. The Labute approximate surface area is 204 Å². The second-order valence-corrected chi connectivity index (χ2v) is 8.39. The van der Waals surface area contributed by atoms with Crippen LogP contribution in [-0.4, -0.2) is 39.7 Å². The van der Waals surface area contributed by atoms with E-state index >= 15 is 0 Å². The summed E-state index contributed by atoms with van der Waals surface area (Å²) in [5, 5.41) is 16.5. The number of fused-ring (bicyclic) bond motifs is 1. The second kappa shape index (κ2) is 9.17. The van der Waals surface area contributed by atoms with Crippen molar-refractivity contribution < 1.29 is 8.91 Å². The predicted octanol–water partition coefficient (Wildman–Crippen LogP) is 4.23. The van der Waals surface area contributed by atoms with Crippen molar-refractivity contribution in [3.8, 4) is 11.1 Å². The van der Waals surface area contributed by atoms with Gasteiger partial charge in [0, 0.05) is 48.4 Å². The van der Waals surface area contributed by atoms with E-state index < -0.39 is 11.9 Å². The van der Waals surface area contributed by atoms with E-state index in [1.165, 1.54) is 10.6 Å². The third-order valence-electron chi connectivity index (χ3n) is 5.86. The lowest BCUT2D eigenvalue weighted by molar-refractivity contribution is 0.406. The van der Waals surface area contributed by atoms with Crippen LogP contribution in [0.2, 0.25) is 0 Å². The zero-order valence-corrected chi connectivity index (χ0v) is 20.1. The first-order chi connectivity index (χ1) is 17.3. The highest BCUT2D eigenvalue weighted by Gasteiger charge is 2.18. The molecule has 0 amide bonds. The van der Waals surface area contributed by atoms with Crippen LogP contribution in [0.5, 0.6) is 0 Å². The Kier molecular flexibility index (Phi) is 5.88. The van der Waals surface area contributed by atoms with Gasteiger partial charge in [-0.15, -0.1) is 10.2 Å². The molecule has 0 saturated carbocycles. The SMILES string of the molecule is C/C=C(\C=C(\F)c1nnc([C@H](C)n2ccc3ncc(-c4cnn(C)c4)cc3c2=O)[nH]1)c1cc(C)no1. The Hall–Kier alpha value is -4.67. The van der Waals surface area contributed by atoms with Crippen LogP contribution < -0.4 is 5.56 Å². The average molecular weight is 487 g/mol. The van der Waals surface area contributed by atoms with Crippen molar-refractivity contribution in [2.24, 2.45) is 7.05 Å². The van der Waals surface area contributed by atoms with E-state index in [0.717, 1.165) is 11.1 Å². The molecule has 0 radical (unpaired) electrons. The first-order valence-corrected chi connectivity index (χ1v) is 11.2. The summed E-state index contributed by atoms with van der Waals surface area (Å²) >= 11 is 0. The number of hydrogen-bond donors (Lipinski definition) is 1. The molecule has 0 spiro atoms. The van der Waals surface area contributed by atoms with Crippen LogP contribution in [0.3, 0.4) is 0 Å². The van der Waals surface area contributed by atoms with E-state index in [0.29, 0.717) is 33.8 Å². The zero-order valence-electron chi connectivity index (χ0n) is 20.1. The fourth-order valence-corrected chi connectivity index (χ4v) is 3.87. The van der Waals surface area contributed by atoms with Gasteiger partial charge in [0.15, 0.2) is 23.2 Å². The molecule has 0 aliphatic carbocycles. The fraction of sp³-hybridized carbons (Fsp3) is 0.200. The van der Waals surface area contributed by atoms with Crippen molar-refractivity contribution in [2.75, 3.05) is 0 Å². The molecule has 36 heavy (non-hydrogen) atoms. The number of pyridine rings is 2. The summed E-state index contributed by atoms with van der Waals surface area (Å²) in [6, 6.07) is 4.74. The number of halogens is 1. The van der Waals surface area contributed by atoms with Gasteiger partial charge in [-0.25, -0.2) is 4.39 Å². The fourth-order valence-electron chi connectivity index (χ4n) is 3.87. The maximum atomic E-state index is 15.0. The monoisotopic (exact) mass is 486 g/mol. The quantitative estimate of drug-likeness (QED) is 0.357. The van der Waals surface area contributed by atoms with Crippen molar-refractivity contribution in [3.05, 3.63) is 88.6 Å². The Balaban J connectivity index is 1.45. The number of aromatic amines is 1. The molecule has 10 nitrogen and oxygen atoms in total. The van der Waals surface area contributed by atoms with Gasteiger partial charge >= 0.3 is 0 Å². The lowest BCUT2D eigenvalue weighted by Gasteiger charge is -2.13. The third-order valence-corrected chi connectivity index (χ3v) is 5.86. The molecule has 0 aliphatic heterocycles. The lowest BCUT2D eigenvalue weighted by Crippen LogP contribution is -2.24. The molecule has 5 rings (SSSR count). The molecule has 11 heteroatoms. The number of aromatic nitrogens is 8. The van der Waals surface area contributed by atoms with Gasteiger partial charge in [-0.1, -0.05) is 11.2 Å². The van der Waals surface area contributed by atoms with Crippen LogP contribution in [-0.2, 0) is 7.05 Å². The van der Waals surface area contributed by atoms with E-state index in [4.69, 9.17) is 4.52 Å². The van der Waals surface area contributed by atoms with Crippen molar-refractivity contribution in [1.82, 2.24) is 39.7 Å². The van der Waals surface area contributed by atoms with Gasteiger partial charge in [-0.3, -0.25) is 14.5 Å². The smallest absolute Gasteiger partial charge is 0.260 e. The molecule has 0 fully saturated rings. The maximum absolute atomic E-state index is 15.0. The Morgan fingerprint density at radius 1 is 1.22 bits per heavy atom. The maximum Gasteiger partial charge on any atom is 0.260 e. The first-order valence-electron chi connectivity index (χ1n) is 11.2. The number of allylic oxidation sites excluding steroid dienone is 3. The highest BCUT2D eigenvalue weighted by Crippen LogP contribution is 2.24. The van der Waals surface area contributed by atoms with Gasteiger partial charge in [-0.2, -0.15) is 5.10 Å². The summed E-state index contributed by atoms with van der Waals surface area (Å²) in [6.45, 7) is 5.34. The topological polar surface area (TPSA) is 120 Å². The van der Waals surface area contributed by atoms with Crippen molar-refractivity contribution in [1.29, 1.82) is 0 Å². The number of nitrogens with zero attached hydrogens (tertiary/aromatic N) is 7.